The summed E-state index contributed by atoms with van der Waals surface area (Å²) in [5.74, 6) is 0.570. The van der Waals surface area contributed by atoms with Crippen LogP contribution in [-0.4, -0.2) is 9.97 Å². The molecule has 1 aromatic heterocycles. The summed E-state index contributed by atoms with van der Waals surface area (Å²) in [6, 6.07) is 0. The van der Waals surface area contributed by atoms with E-state index >= 15 is 0 Å². The molecule has 0 radical (unpaired) electrons. The fourth-order valence-corrected chi connectivity index (χ4v) is 0.914. The van der Waals surface area contributed by atoms with Gasteiger partial charge in [0.1, 0.15) is 5.82 Å². The molecule has 0 bridgehead atoms. The number of rotatable bonds is 3. The van der Waals surface area contributed by atoms with Crippen molar-refractivity contribution in [3.8, 4) is 0 Å². The molecule has 3 nitrogen and oxygen atoms in total. The monoisotopic (exact) mass is 151 g/mol. The van der Waals surface area contributed by atoms with E-state index in [2.05, 4.69) is 16.9 Å². The molecule has 0 amide bonds. The van der Waals surface area contributed by atoms with Gasteiger partial charge in [0.2, 0.25) is 0 Å². The minimum atomic E-state index is 0.570. The summed E-state index contributed by atoms with van der Waals surface area (Å²) in [5, 5.41) is 0. The summed E-state index contributed by atoms with van der Waals surface area (Å²) in [7, 11) is 0. The average Bonchev–Trinajstić information content (AvgIpc) is 2.03. The van der Waals surface area contributed by atoms with Gasteiger partial charge in [-0.05, 0) is 12.8 Å². The third-order valence-electron chi connectivity index (χ3n) is 1.57. The smallest absolute Gasteiger partial charge is 0.145 e. The Morgan fingerprint density at radius 1 is 1.36 bits per heavy atom. The van der Waals surface area contributed by atoms with Crippen LogP contribution in [0.3, 0.4) is 0 Å². The van der Waals surface area contributed by atoms with Crippen LogP contribution >= 0.6 is 0 Å². The van der Waals surface area contributed by atoms with E-state index in [0.717, 1.165) is 25.0 Å². The molecule has 0 aliphatic carbocycles. The molecule has 1 heterocycles. The first-order chi connectivity index (χ1) is 5.34. The first-order valence-corrected chi connectivity index (χ1v) is 3.90. The van der Waals surface area contributed by atoms with Gasteiger partial charge in [-0.1, -0.05) is 13.3 Å². The van der Waals surface area contributed by atoms with E-state index in [4.69, 9.17) is 5.73 Å². The van der Waals surface area contributed by atoms with Gasteiger partial charge in [0.25, 0.3) is 0 Å². The van der Waals surface area contributed by atoms with Crippen molar-refractivity contribution in [2.24, 2.45) is 0 Å². The van der Waals surface area contributed by atoms with Gasteiger partial charge in [0, 0.05) is 12.4 Å². The van der Waals surface area contributed by atoms with E-state index in [1.807, 2.05) is 0 Å². The Bertz CT molecular complexity index is 222. The highest BCUT2D eigenvalue weighted by Crippen LogP contribution is 2.06. The van der Waals surface area contributed by atoms with Crippen molar-refractivity contribution in [2.75, 3.05) is 5.73 Å². The Morgan fingerprint density at radius 3 is 2.73 bits per heavy atom. The van der Waals surface area contributed by atoms with Crippen LogP contribution in [0.15, 0.2) is 12.4 Å². The Hall–Kier alpha value is -1.12. The Labute approximate surface area is 66.7 Å². The third kappa shape index (κ3) is 2.18. The lowest BCUT2D eigenvalue weighted by Gasteiger charge is -2.00. The Morgan fingerprint density at radius 2 is 2.09 bits per heavy atom. The maximum absolute atomic E-state index is 5.59. The number of aromatic nitrogens is 2. The minimum absolute atomic E-state index is 0.570. The van der Waals surface area contributed by atoms with Gasteiger partial charge in [0.15, 0.2) is 0 Å². The molecule has 2 N–H and O–H groups in total. The second-order valence-electron chi connectivity index (χ2n) is 2.49. The number of anilines is 1. The van der Waals surface area contributed by atoms with Crippen LogP contribution in [0.4, 0.5) is 5.82 Å². The zero-order chi connectivity index (χ0) is 8.10. The molecule has 0 atom stereocenters. The molecule has 0 aliphatic rings. The zero-order valence-corrected chi connectivity index (χ0v) is 6.75. The predicted octanol–water partition coefficient (Wildman–Crippen LogP) is 1.40. The Kier molecular flexibility index (Phi) is 2.83. The highest BCUT2D eigenvalue weighted by molar-refractivity contribution is 5.32. The lowest BCUT2D eigenvalue weighted by Crippen LogP contribution is -1.99. The second kappa shape index (κ2) is 3.91. The molecular formula is C8H13N3. The van der Waals surface area contributed by atoms with Crippen LogP contribution in [-0.2, 0) is 6.42 Å². The normalized spacial score (nSPS) is 9.91. The minimum Gasteiger partial charge on any atom is -0.382 e. The lowest BCUT2D eigenvalue weighted by molar-refractivity contribution is 0.775. The fourth-order valence-electron chi connectivity index (χ4n) is 0.914. The summed E-state index contributed by atoms with van der Waals surface area (Å²) in [5.41, 5.74) is 6.51. The molecule has 0 saturated heterocycles. The standard InChI is InChI=1S/C8H13N3/c1-2-3-4-7-8(9)11-6-5-10-7/h5-6H,2-4H2,1H3,(H2,9,11). The highest BCUT2D eigenvalue weighted by atomic mass is 14.9. The number of hydrogen-bond donors (Lipinski definition) is 1. The molecule has 60 valence electrons. The molecule has 11 heavy (non-hydrogen) atoms. The number of aryl methyl sites for hydroxylation is 1. The van der Waals surface area contributed by atoms with Crippen molar-refractivity contribution in [3.63, 3.8) is 0 Å². The molecule has 0 aliphatic heterocycles. The van der Waals surface area contributed by atoms with Crippen LogP contribution < -0.4 is 5.73 Å². The van der Waals surface area contributed by atoms with E-state index in [1.54, 1.807) is 12.4 Å². The third-order valence-corrected chi connectivity index (χ3v) is 1.57. The van der Waals surface area contributed by atoms with Crippen LogP contribution in [0, 0.1) is 0 Å². The van der Waals surface area contributed by atoms with Gasteiger partial charge in [-0.25, -0.2) is 4.98 Å². The molecule has 0 fully saturated rings. The van der Waals surface area contributed by atoms with Crippen molar-refractivity contribution in [1.82, 2.24) is 9.97 Å². The first kappa shape index (κ1) is 7.98. The Balaban J connectivity index is 2.62. The van der Waals surface area contributed by atoms with Crippen LogP contribution in [0.5, 0.6) is 0 Å². The largest absolute Gasteiger partial charge is 0.382 e. The number of nitrogens with two attached hydrogens (primary N) is 1. The summed E-state index contributed by atoms with van der Waals surface area (Å²) in [4.78, 5) is 8.08. The number of nitrogen functional groups attached to an aromatic ring is 1. The lowest BCUT2D eigenvalue weighted by atomic mass is 10.2. The topological polar surface area (TPSA) is 51.8 Å². The summed E-state index contributed by atoms with van der Waals surface area (Å²) in [6.07, 6.45) is 6.53. The summed E-state index contributed by atoms with van der Waals surface area (Å²) in [6.45, 7) is 2.15. The molecular weight excluding hydrogens is 138 g/mol. The van der Waals surface area contributed by atoms with Gasteiger partial charge < -0.3 is 5.73 Å². The van der Waals surface area contributed by atoms with Gasteiger partial charge >= 0.3 is 0 Å². The second-order valence-corrected chi connectivity index (χ2v) is 2.49. The van der Waals surface area contributed by atoms with Crippen molar-refractivity contribution in [1.29, 1.82) is 0 Å². The maximum atomic E-state index is 5.59. The number of hydrogen-bond acceptors (Lipinski definition) is 3. The molecule has 0 unspecified atom stereocenters. The SMILES string of the molecule is CCCCc1nccnc1N. The molecule has 3 heteroatoms. The van der Waals surface area contributed by atoms with Crippen LogP contribution in [0.25, 0.3) is 0 Å². The van der Waals surface area contributed by atoms with E-state index in [9.17, 15) is 0 Å². The predicted molar refractivity (Wildman–Crippen MR) is 45.1 cm³/mol. The molecule has 0 aromatic carbocycles. The first-order valence-electron chi connectivity index (χ1n) is 3.90. The van der Waals surface area contributed by atoms with Crippen LogP contribution in [0.2, 0.25) is 0 Å². The van der Waals surface area contributed by atoms with Crippen LogP contribution in [0.1, 0.15) is 25.5 Å². The fraction of sp³-hybridized carbons (Fsp3) is 0.500. The number of nitrogens with zero attached hydrogens (tertiary/aromatic N) is 2. The average molecular weight is 151 g/mol. The van der Waals surface area contributed by atoms with E-state index in [1.165, 1.54) is 0 Å². The summed E-state index contributed by atoms with van der Waals surface area (Å²) >= 11 is 0. The molecule has 0 saturated carbocycles. The molecule has 1 rings (SSSR count). The van der Waals surface area contributed by atoms with E-state index < -0.39 is 0 Å². The van der Waals surface area contributed by atoms with E-state index in [0.29, 0.717) is 5.82 Å². The van der Waals surface area contributed by atoms with E-state index in [-0.39, 0.29) is 0 Å². The maximum Gasteiger partial charge on any atom is 0.145 e. The quantitative estimate of drug-likeness (QED) is 0.710. The van der Waals surface area contributed by atoms with Crippen molar-refractivity contribution >= 4 is 5.82 Å². The highest BCUT2D eigenvalue weighted by Gasteiger charge is 1.98. The number of unbranched alkanes of at least 4 members (excludes halogenated alkanes) is 1. The van der Waals surface area contributed by atoms with Gasteiger partial charge in [-0.2, -0.15) is 0 Å². The summed E-state index contributed by atoms with van der Waals surface area (Å²) < 4.78 is 0. The van der Waals surface area contributed by atoms with Gasteiger partial charge in [0.05, 0.1) is 5.69 Å². The van der Waals surface area contributed by atoms with Crippen molar-refractivity contribution in [2.45, 2.75) is 26.2 Å². The van der Waals surface area contributed by atoms with Crippen molar-refractivity contribution in [3.05, 3.63) is 18.1 Å². The molecule has 1 aromatic rings. The van der Waals surface area contributed by atoms with Gasteiger partial charge in [-0.15, -0.1) is 0 Å². The zero-order valence-electron chi connectivity index (χ0n) is 6.75. The van der Waals surface area contributed by atoms with Gasteiger partial charge in [-0.3, -0.25) is 4.98 Å². The van der Waals surface area contributed by atoms with Crippen molar-refractivity contribution < 1.29 is 0 Å². The molecule has 0 spiro atoms.